The lowest BCUT2D eigenvalue weighted by atomic mass is 9.89. The number of amides is 1. The van der Waals surface area contributed by atoms with Crippen LogP contribution in [0.5, 0.6) is 0 Å². The number of carbonyl (C=O) groups excluding carboxylic acids is 1. The summed E-state index contributed by atoms with van der Waals surface area (Å²) >= 11 is 0. The van der Waals surface area contributed by atoms with Crippen LogP contribution in [0.25, 0.3) is 0 Å². The van der Waals surface area contributed by atoms with Crippen molar-refractivity contribution < 1.29 is 9.21 Å². The number of nitrogens with zero attached hydrogens (tertiary/aromatic N) is 1. The molecule has 21 heavy (non-hydrogen) atoms. The van der Waals surface area contributed by atoms with Crippen molar-refractivity contribution in [2.75, 3.05) is 13.1 Å². The summed E-state index contributed by atoms with van der Waals surface area (Å²) in [5.41, 5.74) is 0. The number of carbonyl (C=O) groups is 1. The number of hydrogen-bond donors (Lipinski definition) is 1. The fourth-order valence-electron chi connectivity index (χ4n) is 3.32. The van der Waals surface area contributed by atoms with E-state index in [-0.39, 0.29) is 5.91 Å². The van der Waals surface area contributed by atoms with Gasteiger partial charge in [-0.15, -0.1) is 0 Å². The van der Waals surface area contributed by atoms with E-state index in [0.717, 1.165) is 18.2 Å². The van der Waals surface area contributed by atoms with Crippen molar-refractivity contribution in [3.63, 3.8) is 0 Å². The lowest BCUT2D eigenvalue weighted by molar-refractivity contribution is -0.122. The third-order valence-electron chi connectivity index (χ3n) is 4.67. The Hall–Kier alpha value is -1.29. The normalized spacial score (nSPS) is 19.9. The molecule has 0 aromatic carbocycles. The number of hydrogen-bond acceptors (Lipinski definition) is 3. The van der Waals surface area contributed by atoms with E-state index in [1.165, 1.54) is 44.9 Å². The standard InChI is InChI=1S/C17H26N2O2/c20-17(18-11-16-7-4-10-21-16)13-19(15-8-9-15)12-14-5-2-1-3-6-14/h4,7,10,14-15H,1-3,5-6,8-9,11-13H2,(H,18,20). The molecule has 2 saturated carbocycles. The van der Waals surface area contributed by atoms with Crippen LogP contribution in [0.1, 0.15) is 50.7 Å². The van der Waals surface area contributed by atoms with Crippen molar-refractivity contribution in [2.45, 2.75) is 57.5 Å². The number of furan rings is 1. The molecule has 1 N–H and O–H groups in total. The van der Waals surface area contributed by atoms with Crippen LogP contribution in [0.2, 0.25) is 0 Å². The van der Waals surface area contributed by atoms with E-state index in [4.69, 9.17) is 4.42 Å². The minimum absolute atomic E-state index is 0.120. The van der Waals surface area contributed by atoms with Gasteiger partial charge in [0, 0.05) is 12.6 Å². The molecule has 0 aliphatic heterocycles. The van der Waals surface area contributed by atoms with Gasteiger partial charge in [0.2, 0.25) is 5.91 Å². The van der Waals surface area contributed by atoms with Gasteiger partial charge < -0.3 is 9.73 Å². The first kappa shape index (κ1) is 14.6. The van der Waals surface area contributed by atoms with E-state index < -0.39 is 0 Å². The minimum atomic E-state index is 0.120. The van der Waals surface area contributed by atoms with Crippen molar-refractivity contribution in [1.29, 1.82) is 0 Å². The second-order valence-electron chi connectivity index (χ2n) is 6.52. The van der Waals surface area contributed by atoms with Crippen LogP contribution in [0.4, 0.5) is 0 Å². The van der Waals surface area contributed by atoms with Crippen LogP contribution >= 0.6 is 0 Å². The van der Waals surface area contributed by atoms with Gasteiger partial charge in [-0.1, -0.05) is 19.3 Å². The largest absolute Gasteiger partial charge is 0.467 e. The third kappa shape index (κ3) is 4.60. The van der Waals surface area contributed by atoms with Gasteiger partial charge >= 0.3 is 0 Å². The predicted molar refractivity (Wildman–Crippen MR) is 81.7 cm³/mol. The first-order valence-electron chi connectivity index (χ1n) is 8.34. The molecule has 3 rings (SSSR count). The van der Waals surface area contributed by atoms with Gasteiger partial charge in [0.15, 0.2) is 0 Å². The molecular formula is C17H26N2O2. The average Bonchev–Trinajstić information content (AvgIpc) is 3.22. The van der Waals surface area contributed by atoms with Crippen molar-refractivity contribution in [2.24, 2.45) is 5.92 Å². The molecule has 2 aliphatic rings. The van der Waals surface area contributed by atoms with Crippen LogP contribution in [-0.2, 0) is 11.3 Å². The van der Waals surface area contributed by atoms with E-state index in [1.807, 2.05) is 12.1 Å². The maximum Gasteiger partial charge on any atom is 0.234 e. The van der Waals surface area contributed by atoms with Gasteiger partial charge in [-0.2, -0.15) is 0 Å². The Labute approximate surface area is 126 Å². The SMILES string of the molecule is O=C(CN(CC1CCCCC1)C1CC1)NCc1ccco1. The monoisotopic (exact) mass is 290 g/mol. The van der Waals surface area contributed by atoms with Gasteiger partial charge in [-0.05, 0) is 43.7 Å². The molecule has 2 fully saturated rings. The second kappa shape index (κ2) is 7.12. The van der Waals surface area contributed by atoms with Crippen LogP contribution in [0.3, 0.4) is 0 Å². The molecule has 0 bridgehead atoms. The lowest BCUT2D eigenvalue weighted by Crippen LogP contribution is -2.41. The first-order valence-corrected chi connectivity index (χ1v) is 8.34. The average molecular weight is 290 g/mol. The molecule has 4 heteroatoms. The van der Waals surface area contributed by atoms with Crippen LogP contribution in [0.15, 0.2) is 22.8 Å². The van der Waals surface area contributed by atoms with Gasteiger partial charge in [-0.3, -0.25) is 9.69 Å². The Morgan fingerprint density at radius 2 is 2.05 bits per heavy atom. The highest BCUT2D eigenvalue weighted by Gasteiger charge is 2.32. The molecule has 0 unspecified atom stereocenters. The summed E-state index contributed by atoms with van der Waals surface area (Å²) in [5, 5.41) is 2.96. The highest BCUT2D eigenvalue weighted by Crippen LogP contribution is 2.31. The summed E-state index contributed by atoms with van der Waals surface area (Å²) in [6, 6.07) is 4.39. The minimum Gasteiger partial charge on any atom is -0.467 e. The molecule has 0 atom stereocenters. The maximum atomic E-state index is 12.1. The van der Waals surface area contributed by atoms with Crippen LogP contribution < -0.4 is 5.32 Å². The van der Waals surface area contributed by atoms with E-state index in [9.17, 15) is 4.79 Å². The highest BCUT2D eigenvalue weighted by molar-refractivity contribution is 5.78. The molecule has 2 aliphatic carbocycles. The molecule has 1 amide bonds. The van der Waals surface area contributed by atoms with Gasteiger partial charge in [-0.25, -0.2) is 0 Å². The molecule has 1 heterocycles. The molecule has 116 valence electrons. The van der Waals surface area contributed by atoms with Crippen molar-refractivity contribution in [1.82, 2.24) is 10.2 Å². The van der Waals surface area contributed by atoms with Crippen molar-refractivity contribution in [3.05, 3.63) is 24.2 Å². The molecular weight excluding hydrogens is 264 g/mol. The van der Waals surface area contributed by atoms with Gasteiger partial charge in [0.25, 0.3) is 0 Å². The Kier molecular flexibility index (Phi) is 4.96. The highest BCUT2D eigenvalue weighted by atomic mass is 16.3. The quantitative estimate of drug-likeness (QED) is 0.840. The van der Waals surface area contributed by atoms with Crippen molar-refractivity contribution >= 4 is 5.91 Å². The zero-order valence-electron chi connectivity index (χ0n) is 12.7. The smallest absolute Gasteiger partial charge is 0.234 e. The zero-order chi connectivity index (χ0) is 14.5. The Morgan fingerprint density at radius 1 is 1.24 bits per heavy atom. The molecule has 0 saturated heterocycles. The third-order valence-corrected chi connectivity index (χ3v) is 4.67. The Balaban J connectivity index is 1.44. The summed E-state index contributed by atoms with van der Waals surface area (Å²) in [5.74, 6) is 1.74. The Morgan fingerprint density at radius 3 is 2.71 bits per heavy atom. The van der Waals surface area contributed by atoms with Gasteiger partial charge in [0.05, 0.1) is 19.4 Å². The molecule has 1 aromatic rings. The fraction of sp³-hybridized carbons (Fsp3) is 0.706. The number of rotatable bonds is 7. The molecule has 0 spiro atoms. The lowest BCUT2D eigenvalue weighted by Gasteiger charge is -2.29. The maximum absolute atomic E-state index is 12.1. The molecule has 1 aromatic heterocycles. The summed E-state index contributed by atoms with van der Waals surface area (Å²) in [7, 11) is 0. The van der Waals surface area contributed by atoms with E-state index in [2.05, 4.69) is 10.2 Å². The van der Waals surface area contributed by atoms with Crippen LogP contribution in [0, 0.1) is 5.92 Å². The topological polar surface area (TPSA) is 45.5 Å². The van der Waals surface area contributed by atoms with E-state index >= 15 is 0 Å². The zero-order valence-corrected chi connectivity index (χ0v) is 12.7. The van der Waals surface area contributed by atoms with E-state index in [1.54, 1.807) is 6.26 Å². The van der Waals surface area contributed by atoms with E-state index in [0.29, 0.717) is 19.1 Å². The Bertz CT molecular complexity index is 434. The summed E-state index contributed by atoms with van der Waals surface area (Å²) in [6.07, 6.45) is 11.0. The molecule has 4 nitrogen and oxygen atoms in total. The summed E-state index contributed by atoms with van der Waals surface area (Å²) in [6.45, 7) is 2.15. The fourth-order valence-corrected chi connectivity index (χ4v) is 3.32. The number of nitrogens with one attached hydrogen (secondary N) is 1. The predicted octanol–water partition coefficient (Wildman–Crippen LogP) is 2.94. The summed E-state index contributed by atoms with van der Waals surface area (Å²) < 4.78 is 5.24. The van der Waals surface area contributed by atoms with Gasteiger partial charge in [0.1, 0.15) is 5.76 Å². The molecule has 0 radical (unpaired) electrons. The second-order valence-corrected chi connectivity index (χ2v) is 6.52. The summed E-state index contributed by atoms with van der Waals surface area (Å²) in [4.78, 5) is 14.5. The van der Waals surface area contributed by atoms with Crippen molar-refractivity contribution in [3.8, 4) is 0 Å². The first-order chi connectivity index (χ1) is 10.3. The van der Waals surface area contributed by atoms with Crippen LogP contribution in [-0.4, -0.2) is 29.9 Å².